The van der Waals surface area contributed by atoms with Crippen molar-refractivity contribution in [3.8, 4) is 0 Å². The monoisotopic (exact) mass is 300 g/mol. The third kappa shape index (κ3) is 3.64. The van der Waals surface area contributed by atoms with Gasteiger partial charge in [0.15, 0.2) is 0 Å². The van der Waals surface area contributed by atoms with Crippen LogP contribution in [-0.2, 0) is 6.42 Å². The first-order chi connectivity index (χ1) is 10.3. The summed E-state index contributed by atoms with van der Waals surface area (Å²) in [5, 5.41) is 13.8. The fraction of sp³-hybridized carbons (Fsp3) is 0.353. The van der Waals surface area contributed by atoms with E-state index in [9.17, 15) is 5.11 Å². The Kier molecular flexibility index (Phi) is 4.91. The lowest BCUT2D eigenvalue weighted by Gasteiger charge is -2.21. The molecular weight excluding hydrogens is 280 g/mol. The van der Waals surface area contributed by atoms with Crippen molar-refractivity contribution in [3.05, 3.63) is 65.5 Å². The molecule has 0 spiro atoms. The SMILES string of the molecule is OC(CNC1CSCCc2ccccc21)c1ccncc1. The van der Waals surface area contributed by atoms with Crippen molar-refractivity contribution in [2.24, 2.45) is 0 Å². The van der Waals surface area contributed by atoms with Crippen LogP contribution in [0, 0.1) is 0 Å². The molecule has 1 aliphatic heterocycles. The van der Waals surface area contributed by atoms with E-state index in [2.05, 4.69) is 34.6 Å². The summed E-state index contributed by atoms with van der Waals surface area (Å²) in [6.07, 6.45) is 4.07. The number of aliphatic hydroxyl groups excluding tert-OH is 1. The summed E-state index contributed by atoms with van der Waals surface area (Å²) in [4.78, 5) is 3.99. The molecule has 1 aromatic carbocycles. The van der Waals surface area contributed by atoms with E-state index in [4.69, 9.17) is 0 Å². The molecule has 0 fully saturated rings. The lowest BCUT2D eigenvalue weighted by Crippen LogP contribution is -2.28. The molecule has 1 aromatic heterocycles. The predicted octanol–water partition coefficient (Wildman–Crippen LogP) is 2.74. The number of hydrogen-bond acceptors (Lipinski definition) is 4. The van der Waals surface area contributed by atoms with Crippen molar-refractivity contribution in [1.29, 1.82) is 0 Å². The van der Waals surface area contributed by atoms with Crippen molar-refractivity contribution in [3.63, 3.8) is 0 Å². The molecule has 3 nitrogen and oxygen atoms in total. The highest BCUT2D eigenvalue weighted by Gasteiger charge is 2.19. The van der Waals surface area contributed by atoms with Crippen LogP contribution in [0.2, 0.25) is 0 Å². The zero-order chi connectivity index (χ0) is 14.5. The average Bonchev–Trinajstić information content (AvgIpc) is 2.76. The Hall–Kier alpha value is -1.36. The second-order valence-corrected chi connectivity index (χ2v) is 6.43. The van der Waals surface area contributed by atoms with Crippen LogP contribution >= 0.6 is 11.8 Å². The van der Waals surface area contributed by atoms with Gasteiger partial charge in [-0.2, -0.15) is 11.8 Å². The first-order valence-corrected chi connectivity index (χ1v) is 8.47. The number of thioether (sulfide) groups is 1. The number of benzene rings is 1. The van der Waals surface area contributed by atoms with Gasteiger partial charge in [0.1, 0.15) is 0 Å². The van der Waals surface area contributed by atoms with Gasteiger partial charge in [0, 0.05) is 30.7 Å². The number of fused-ring (bicyclic) bond motifs is 1. The summed E-state index contributed by atoms with van der Waals surface area (Å²) >= 11 is 1.97. The molecule has 110 valence electrons. The van der Waals surface area contributed by atoms with Crippen molar-refractivity contribution in [1.82, 2.24) is 10.3 Å². The second-order valence-electron chi connectivity index (χ2n) is 5.28. The molecule has 21 heavy (non-hydrogen) atoms. The lowest BCUT2D eigenvalue weighted by atomic mass is 9.99. The summed E-state index contributed by atoms with van der Waals surface area (Å²) in [6.45, 7) is 0.559. The molecule has 0 bridgehead atoms. The number of hydrogen-bond donors (Lipinski definition) is 2. The van der Waals surface area contributed by atoms with Crippen LogP contribution in [0.25, 0.3) is 0 Å². The first kappa shape index (κ1) is 14.6. The third-order valence-corrected chi connectivity index (χ3v) is 4.94. The van der Waals surface area contributed by atoms with Crippen LogP contribution < -0.4 is 5.32 Å². The van der Waals surface area contributed by atoms with E-state index in [-0.39, 0.29) is 0 Å². The molecule has 2 N–H and O–H groups in total. The number of aromatic nitrogens is 1. The molecule has 2 atom stereocenters. The van der Waals surface area contributed by atoms with Crippen molar-refractivity contribution in [2.75, 3.05) is 18.1 Å². The minimum Gasteiger partial charge on any atom is -0.387 e. The highest BCUT2D eigenvalue weighted by molar-refractivity contribution is 7.99. The number of aliphatic hydroxyl groups is 1. The molecule has 0 saturated heterocycles. The minimum absolute atomic E-state index is 0.310. The number of aryl methyl sites for hydroxylation is 1. The van der Waals surface area contributed by atoms with E-state index >= 15 is 0 Å². The largest absolute Gasteiger partial charge is 0.387 e. The van der Waals surface area contributed by atoms with Gasteiger partial charge >= 0.3 is 0 Å². The van der Waals surface area contributed by atoms with Gasteiger partial charge in [-0.05, 0) is 41.0 Å². The van der Waals surface area contributed by atoms with Crippen molar-refractivity contribution < 1.29 is 5.11 Å². The Bertz CT molecular complexity index is 576. The standard InChI is InChI=1S/C17H20N2OS/c20-17(14-5-8-18-9-6-14)11-19-16-12-21-10-7-13-3-1-2-4-15(13)16/h1-6,8-9,16-17,19-20H,7,10-12H2. The second kappa shape index (κ2) is 7.07. The fourth-order valence-electron chi connectivity index (χ4n) is 2.70. The lowest BCUT2D eigenvalue weighted by molar-refractivity contribution is 0.171. The Morgan fingerprint density at radius 1 is 1.24 bits per heavy atom. The minimum atomic E-state index is -0.492. The average molecular weight is 300 g/mol. The quantitative estimate of drug-likeness (QED) is 0.911. The summed E-state index contributed by atoms with van der Waals surface area (Å²) in [5.74, 6) is 2.22. The normalized spacial score (nSPS) is 19.6. The Labute approximate surface area is 129 Å². The van der Waals surface area contributed by atoms with Gasteiger partial charge in [0.2, 0.25) is 0 Å². The molecular formula is C17H20N2OS. The maximum absolute atomic E-state index is 10.3. The highest BCUT2D eigenvalue weighted by atomic mass is 32.2. The van der Waals surface area contributed by atoms with Gasteiger partial charge < -0.3 is 10.4 Å². The van der Waals surface area contributed by atoms with E-state index < -0.39 is 6.10 Å². The maximum atomic E-state index is 10.3. The Morgan fingerprint density at radius 3 is 2.90 bits per heavy atom. The Balaban J connectivity index is 1.68. The van der Waals surface area contributed by atoms with Gasteiger partial charge in [-0.25, -0.2) is 0 Å². The van der Waals surface area contributed by atoms with Gasteiger partial charge in [0.25, 0.3) is 0 Å². The summed E-state index contributed by atoms with van der Waals surface area (Å²) in [5.41, 5.74) is 3.72. The fourth-order valence-corrected chi connectivity index (χ4v) is 3.77. The van der Waals surface area contributed by atoms with Crippen LogP contribution in [0.1, 0.15) is 28.8 Å². The third-order valence-electron chi connectivity index (χ3n) is 3.88. The first-order valence-electron chi connectivity index (χ1n) is 7.31. The molecule has 3 rings (SSSR count). The number of rotatable bonds is 4. The van der Waals surface area contributed by atoms with E-state index in [1.54, 1.807) is 12.4 Å². The van der Waals surface area contributed by atoms with Crippen LogP contribution in [0.4, 0.5) is 0 Å². The smallest absolute Gasteiger partial charge is 0.0915 e. The molecule has 0 amide bonds. The van der Waals surface area contributed by atoms with Crippen LogP contribution in [-0.4, -0.2) is 28.1 Å². The van der Waals surface area contributed by atoms with Gasteiger partial charge in [-0.1, -0.05) is 24.3 Å². The van der Waals surface area contributed by atoms with E-state index in [0.717, 1.165) is 17.7 Å². The van der Waals surface area contributed by atoms with Gasteiger partial charge in [0.05, 0.1) is 6.10 Å². The molecule has 4 heteroatoms. The summed E-state index contributed by atoms with van der Waals surface area (Å²) in [6, 6.07) is 12.7. The van der Waals surface area contributed by atoms with Crippen LogP contribution in [0.15, 0.2) is 48.8 Å². The molecule has 0 aliphatic carbocycles. The zero-order valence-electron chi connectivity index (χ0n) is 11.9. The van der Waals surface area contributed by atoms with E-state index in [0.29, 0.717) is 12.6 Å². The molecule has 2 aromatic rings. The molecule has 1 aliphatic rings. The number of nitrogens with one attached hydrogen (secondary N) is 1. The molecule has 2 heterocycles. The van der Waals surface area contributed by atoms with Crippen molar-refractivity contribution >= 4 is 11.8 Å². The Morgan fingerprint density at radius 2 is 2.05 bits per heavy atom. The molecule has 0 saturated carbocycles. The predicted molar refractivity (Wildman–Crippen MR) is 87.4 cm³/mol. The summed E-state index contributed by atoms with van der Waals surface area (Å²) < 4.78 is 0. The zero-order valence-corrected chi connectivity index (χ0v) is 12.7. The number of nitrogens with zero attached hydrogens (tertiary/aromatic N) is 1. The molecule has 0 radical (unpaired) electrons. The van der Waals surface area contributed by atoms with Gasteiger partial charge in [-0.15, -0.1) is 0 Å². The van der Waals surface area contributed by atoms with Crippen LogP contribution in [0.5, 0.6) is 0 Å². The topological polar surface area (TPSA) is 45.1 Å². The van der Waals surface area contributed by atoms with Crippen molar-refractivity contribution in [2.45, 2.75) is 18.6 Å². The van der Waals surface area contributed by atoms with Crippen LogP contribution in [0.3, 0.4) is 0 Å². The maximum Gasteiger partial charge on any atom is 0.0915 e. The van der Waals surface area contributed by atoms with Gasteiger partial charge in [-0.3, -0.25) is 4.98 Å². The number of pyridine rings is 1. The van der Waals surface area contributed by atoms with E-state index in [1.807, 2.05) is 23.9 Å². The molecule has 2 unspecified atom stereocenters. The highest BCUT2D eigenvalue weighted by Crippen LogP contribution is 2.27. The summed E-state index contributed by atoms with van der Waals surface area (Å²) in [7, 11) is 0. The van der Waals surface area contributed by atoms with E-state index in [1.165, 1.54) is 16.9 Å².